The van der Waals surface area contributed by atoms with Crippen molar-refractivity contribution in [3.8, 4) is 56.9 Å². The van der Waals surface area contributed by atoms with E-state index in [1.165, 1.54) is 0 Å². The molecule has 262 valence electrons. The van der Waals surface area contributed by atoms with Crippen LogP contribution in [-0.2, 0) is 35.9 Å². The van der Waals surface area contributed by atoms with Gasteiger partial charge in [-0.15, -0.1) is 0 Å². The van der Waals surface area contributed by atoms with E-state index in [1.54, 1.807) is 12.4 Å². The van der Waals surface area contributed by atoms with E-state index >= 15 is 0 Å². The van der Waals surface area contributed by atoms with Gasteiger partial charge in [0.25, 0.3) is 0 Å². The highest BCUT2D eigenvalue weighted by molar-refractivity contribution is 5.63. The topological polar surface area (TPSA) is 122 Å². The van der Waals surface area contributed by atoms with Crippen molar-refractivity contribution in [3.63, 3.8) is 0 Å². The van der Waals surface area contributed by atoms with Crippen molar-refractivity contribution in [1.82, 2.24) is 39.9 Å². The molecule has 0 amide bonds. The third kappa shape index (κ3) is 8.59. The van der Waals surface area contributed by atoms with E-state index in [2.05, 4.69) is 19.9 Å². The van der Waals surface area contributed by atoms with Gasteiger partial charge in [0.05, 0.1) is 94.8 Å². The highest BCUT2D eigenvalue weighted by Gasteiger charge is 2.09. The Hall–Kier alpha value is -6.88. The number of pyridine rings is 8. The zero-order valence-electron chi connectivity index (χ0n) is 29.2. The summed E-state index contributed by atoms with van der Waals surface area (Å²) in [7, 11) is 0. The smallest absolute Gasteiger partial charge is 0.0894 e. The Morgan fingerprint density at radius 1 is 0.296 bits per heavy atom. The van der Waals surface area contributed by atoms with Crippen molar-refractivity contribution in [3.05, 3.63) is 181 Å². The summed E-state index contributed by atoms with van der Waals surface area (Å²) in [6.07, 6.45) is 7.16. The second-order valence-corrected chi connectivity index (χ2v) is 12.4. The predicted octanol–water partition coefficient (Wildman–Crippen LogP) is 8.62. The SMILES string of the molecule is c1ccc(-c2cccc(-c3ccc(COCc4cccc(-c5cccc(COCc6ccc(-c7cccc(-c8ccccn8)n7)nc6)n5)n4)cn3)n2)nc1. The van der Waals surface area contributed by atoms with Crippen LogP contribution in [0.25, 0.3) is 56.9 Å². The number of aromatic nitrogens is 8. The van der Waals surface area contributed by atoms with E-state index in [1.807, 2.05) is 146 Å². The van der Waals surface area contributed by atoms with Gasteiger partial charge in [-0.1, -0.05) is 48.5 Å². The summed E-state index contributed by atoms with van der Waals surface area (Å²) in [5.74, 6) is 0. The Labute approximate surface area is 312 Å². The normalized spacial score (nSPS) is 11.0. The third-order valence-electron chi connectivity index (χ3n) is 8.44. The van der Waals surface area contributed by atoms with Gasteiger partial charge in [-0.05, 0) is 96.1 Å². The number of rotatable bonds is 13. The Morgan fingerprint density at radius 2 is 0.667 bits per heavy atom. The lowest BCUT2D eigenvalue weighted by atomic mass is 10.2. The van der Waals surface area contributed by atoms with Crippen LogP contribution in [0.15, 0.2) is 158 Å². The lowest BCUT2D eigenvalue weighted by Crippen LogP contribution is -2.01. The molecule has 0 radical (unpaired) electrons. The van der Waals surface area contributed by atoms with Gasteiger partial charge in [0.15, 0.2) is 0 Å². The van der Waals surface area contributed by atoms with Gasteiger partial charge < -0.3 is 9.47 Å². The molecular weight excluding hydrogens is 673 g/mol. The Kier molecular flexibility index (Phi) is 10.5. The van der Waals surface area contributed by atoms with E-state index in [0.717, 1.165) is 79.5 Å². The molecule has 0 unspecified atom stereocenters. The van der Waals surface area contributed by atoms with E-state index in [-0.39, 0.29) is 0 Å². The van der Waals surface area contributed by atoms with Crippen LogP contribution in [0.5, 0.6) is 0 Å². The molecule has 0 fully saturated rings. The molecule has 0 aromatic carbocycles. The molecule has 0 aliphatic rings. The van der Waals surface area contributed by atoms with Crippen LogP contribution in [0, 0.1) is 0 Å². The summed E-state index contributed by atoms with van der Waals surface area (Å²) in [6, 6.07) is 43.0. The summed E-state index contributed by atoms with van der Waals surface area (Å²) in [5.41, 5.74) is 11.5. The molecule has 10 nitrogen and oxygen atoms in total. The maximum Gasteiger partial charge on any atom is 0.0894 e. The molecule has 8 aromatic rings. The predicted molar refractivity (Wildman–Crippen MR) is 206 cm³/mol. The summed E-state index contributed by atoms with van der Waals surface area (Å²) < 4.78 is 12.0. The van der Waals surface area contributed by atoms with Crippen molar-refractivity contribution in [1.29, 1.82) is 0 Å². The maximum absolute atomic E-state index is 6.02. The lowest BCUT2D eigenvalue weighted by molar-refractivity contribution is 0.104. The van der Waals surface area contributed by atoms with Gasteiger partial charge >= 0.3 is 0 Å². The third-order valence-corrected chi connectivity index (χ3v) is 8.44. The van der Waals surface area contributed by atoms with Crippen LogP contribution in [0.4, 0.5) is 0 Å². The molecule has 0 spiro atoms. The number of ether oxygens (including phenoxy) is 2. The molecule has 8 aromatic heterocycles. The Balaban J connectivity index is 0.828. The second kappa shape index (κ2) is 16.6. The van der Waals surface area contributed by atoms with E-state index < -0.39 is 0 Å². The fourth-order valence-electron chi connectivity index (χ4n) is 5.74. The average Bonchev–Trinajstić information content (AvgIpc) is 3.25. The molecule has 0 aliphatic carbocycles. The Morgan fingerprint density at radius 3 is 1.04 bits per heavy atom. The van der Waals surface area contributed by atoms with Crippen LogP contribution >= 0.6 is 0 Å². The Bertz CT molecular complexity index is 2270. The van der Waals surface area contributed by atoms with Crippen molar-refractivity contribution < 1.29 is 9.47 Å². The van der Waals surface area contributed by atoms with Gasteiger partial charge in [0.1, 0.15) is 0 Å². The van der Waals surface area contributed by atoms with Crippen molar-refractivity contribution in [2.45, 2.75) is 26.4 Å². The van der Waals surface area contributed by atoms with E-state index in [4.69, 9.17) is 29.4 Å². The first-order valence-electron chi connectivity index (χ1n) is 17.5. The van der Waals surface area contributed by atoms with Gasteiger partial charge in [-0.2, -0.15) is 0 Å². The fourth-order valence-corrected chi connectivity index (χ4v) is 5.74. The van der Waals surface area contributed by atoms with Crippen LogP contribution in [0.1, 0.15) is 22.5 Å². The fraction of sp³-hybridized carbons (Fsp3) is 0.0909. The van der Waals surface area contributed by atoms with Crippen LogP contribution < -0.4 is 0 Å². The van der Waals surface area contributed by atoms with Gasteiger partial charge in [-0.3, -0.25) is 19.9 Å². The molecule has 0 bridgehead atoms. The second-order valence-electron chi connectivity index (χ2n) is 12.4. The van der Waals surface area contributed by atoms with Gasteiger partial charge in [0, 0.05) is 24.8 Å². The number of nitrogens with zero attached hydrogens (tertiary/aromatic N) is 8. The molecule has 0 aliphatic heterocycles. The lowest BCUT2D eigenvalue weighted by Gasteiger charge is -2.09. The zero-order chi connectivity index (χ0) is 36.4. The van der Waals surface area contributed by atoms with Gasteiger partial charge in [-0.25, -0.2) is 19.9 Å². The zero-order valence-corrected chi connectivity index (χ0v) is 29.2. The first-order valence-corrected chi connectivity index (χ1v) is 17.5. The highest BCUT2D eigenvalue weighted by Crippen LogP contribution is 2.23. The minimum atomic E-state index is 0.352. The van der Waals surface area contributed by atoms with Crippen molar-refractivity contribution in [2.75, 3.05) is 0 Å². The summed E-state index contributed by atoms with van der Waals surface area (Å²) in [6.45, 7) is 1.51. The molecule has 8 heterocycles. The monoisotopic (exact) mass is 706 g/mol. The summed E-state index contributed by atoms with van der Waals surface area (Å²) in [5, 5.41) is 0. The van der Waals surface area contributed by atoms with E-state index in [9.17, 15) is 0 Å². The highest BCUT2D eigenvalue weighted by atomic mass is 16.5. The quantitative estimate of drug-likeness (QED) is 0.115. The van der Waals surface area contributed by atoms with Crippen molar-refractivity contribution in [2.24, 2.45) is 0 Å². The van der Waals surface area contributed by atoms with Crippen LogP contribution in [0.3, 0.4) is 0 Å². The molecule has 0 saturated carbocycles. The van der Waals surface area contributed by atoms with Crippen LogP contribution in [0.2, 0.25) is 0 Å². The number of hydrogen-bond acceptors (Lipinski definition) is 10. The average molecular weight is 707 g/mol. The number of hydrogen-bond donors (Lipinski definition) is 0. The van der Waals surface area contributed by atoms with E-state index in [0.29, 0.717) is 26.4 Å². The first kappa shape index (κ1) is 34.2. The van der Waals surface area contributed by atoms with Crippen LogP contribution in [-0.4, -0.2) is 39.9 Å². The minimum Gasteiger partial charge on any atom is -0.370 e. The molecule has 0 saturated heterocycles. The standard InChI is InChI=1S/C44H34N8O2/c1-3-23-45-35(11-1)39-15-7-17-41(51-39)37-21-19-31(25-47-37)27-53-29-33-9-5-13-43(49-33)44-14-6-10-34(50-44)30-54-28-32-20-22-38(48-26-32)42-18-8-16-40(52-42)36-12-2-4-24-46-36/h1-26H,27-30H2. The molecule has 8 rings (SSSR count). The molecule has 0 atom stereocenters. The minimum absolute atomic E-state index is 0.352. The summed E-state index contributed by atoms with van der Waals surface area (Å²) in [4.78, 5) is 37.2. The molecule has 0 N–H and O–H groups in total. The largest absolute Gasteiger partial charge is 0.370 e. The van der Waals surface area contributed by atoms with Crippen molar-refractivity contribution >= 4 is 0 Å². The first-order chi connectivity index (χ1) is 26.7. The molecule has 54 heavy (non-hydrogen) atoms. The maximum atomic E-state index is 6.02. The summed E-state index contributed by atoms with van der Waals surface area (Å²) >= 11 is 0. The molecule has 10 heteroatoms. The van der Waals surface area contributed by atoms with Gasteiger partial charge in [0.2, 0.25) is 0 Å². The molecular formula is C44H34N8O2.